The molecule has 2 atom stereocenters. The molecule has 4 rings (SSSR count). The number of likely N-dealkylation sites (tertiary alicyclic amines) is 1. The van der Waals surface area contributed by atoms with Crippen LogP contribution in [0.15, 0.2) is 48.5 Å². The molecule has 0 aliphatic carbocycles. The number of piperidine rings is 1. The molecule has 2 heterocycles. The molecule has 0 bridgehead atoms. The maximum atomic E-state index is 13.6. The largest absolute Gasteiger partial charge is 0.342 e. The molecule has 31 heavy (non-hydrogen) atoms. The smallest absolute Gasteiger partial charge is 0.227 e. The van der Waals surface area contributed by atoms with Crippen molar-refractivity contribution in [1.82, 2.24) is 15.1 Å². The van der Waals surface area contributed by atoms with Gasteiger partial charge in [0.2, 0.25) is 5.91 Å². The van der Waals surface area contributed by atoms with Gasteiger partial charge in [0, 0.05) is 36.7 Å². The van der Waals surface area contributed by atoms with Crippen molar-refractivity contribution >= 4 is 17.5 Å². The van der Waals surface area contributed by atoms with Crippen LogP contribution in [0.1, 0.15) is 42.4 Å². The number of rotatable bonds is 5. The first-order valence-corrected chi connectivity index (χ1v) is 11.8. The van der Waals surface area contributed by atoms with Crippen molar-refractivity contribution in [2.45, 2.75) is 37.6 Å². The van der Waals surface area contributed by atoms with Crippen molar-refractivity contribution in [3.05, 3.63) is 70.2 Å². The molecule has 0 radical (unpaired) electrons. The van der Waals surface area contributed by atoms with E-state index in [1.807, 2.05) is 25.2 Å². The molecule has 5 heteroatoms. The van der Waals surface area contributed by atoms with Crippen LogP contribution in [-0.4, -0.2) is 56.0 Å². The quantitative estimate of drug-likeness (QED) is 0.755. The van der Waals surface area contributed by atoms with Crippen LogP contribution < -0.4 is 5.32 Å². The van der Waals surface area contributed by atoms with Crippen LogP contribution in [0, 0.1) is 5.92 Å². The molecule has 1 spiro atoms. The third-order valence-electron chi connectivity index (χ3n) is 7.59. The Balaban J connectivity index is 1.51. The number of likely N-dealkylation sites (N-methyl/N-ethyl adjacent to an activating group) is 1. The summed E-state index contributed by atoms with van der Waals surface area (Å²) < 4.78 is 0. The van der Waals surface area contributed by atoms with E-state index in [2.05, 4.69) is 59.4 Å². The van der Waals surface area contributed by atoms with Gasteiger partial charge in [-0.15, -0.1) is 0 Å². The lowest BCUT2D eigenvalue weighted by molar-refractivity contribution is -0.139. The monoisotopic (exact) mass is 439 g/mol. The molecule has 1 fully saturated rings. The Bertz CT molecular complexity index is 922. The van der Waals surface area contributed by atoms with Gasteiger partial charge in [0.05, 0.1) is 5.92 Å². The van der Waals surface area contributed by atoms with E-state index in [-0.39, 0.29) is 23.3 Å². The minimum Gasteiger partial charge on any atom is -0.342 e. The van der Waals surface area contributed by atoms with Gasteiger partial charge in [-0.2, -0.15) is 0 Å². The summed E-state index contributed by atoms with van der Waals surface area (Å²) in [6.07, 6.45) is 3.09. The molecule has 0 unspecified atom stereocenters. The van der Waals surface area contributed by atoms with Gasteiger partial charge in [0.25, 0.3) is 0 Å². The number of amides is 1. The highest BCUT2D eigenvalue weighted by Crippen LogP contribution is 2.43. The second-order valence-corrected chi connectivity index (χ2v) is 9.63. The van der Waals surface area contributed by atoms with Crippen LogP contribution in [0.2, 0.25) is 5.02 Å². The van der Waals surface area contributed by atoms with Crippen LogP contribution >= 0.6 is 11.6 Å². The Labute approximate surface area is 191 Å². The predicted octanol–water partition coefficient (Wildman–Crippen LogP) is 4.28. The van der Waals surface area contributed by atoms with E-state index >= 15 is 0 Å². The van der Waals surface area contributed by atoms with Gasteiger partial charge in [-0.25, -0.2) is 0 Å². The SMILES string of the molecule is CNC[C@@H](C(=O)N1CCC2(CC1)c1ccccc1CCN2C)[C@@H](C)c1cccc(Cl)c1. The molecule has 2 aromatic rings. The molecule has 2 aromatic carbocycles. The van der Waals surface area contributed by atoms with Gasteiger partial charge >= 0.3 is 0 Å². The number of carbonyl (C=O) groups excluding carboxylic acids is 1. The van der Waals surface area contributed by atoms with E-state index in [4.69, 9.17) is 11.6 Å². The van der Waals surface area contributed by atoms with E-state index in [1.165, 1.54) is 11.1 Å². The fourth-order valence-corrected chi connectivity index (χ4v) is 5.80. The number of nitrogens with one attached hydrogen (secondary N) is 1. The maximum Gasteiger partial charge on any atom is 0.227 e. The number of halogens is 1. The summed E-state index contributed by atoms with van der Waals surface area (Å²) in [6, 6.07) is 16.8. The van der Waals surface area contributed by atoms with E-state index in [9.17, 15) is 4.79 Å². The summed E-state index contributed by atoms with van der Waals surface area (Å²) in [6.45, 7) is 5.50. The molecule has 1 N–H and O–H groups in total. The van der Waals surface area contributed by atoms with Crippen LogP contribution in [0.5, 0.6) is 0 Å². The lowest BCUT2D eigenvalue weighted by Gasteiger charge is -2.51. The zero-order chi connectivity index (χ0) is 22.0. The molecule has 2 aliphatic rings. The van der Waals surface area contributed by atoms with Crippen molar-refractivity contribution < 1.29 is 4.79 Å². The molecule has 166 valence electrons. The highest BCUT2D eigenvalue weighted by Gasteiger charge is 2.44. The summed E-state index contributed by atoms with van der Waals surface area (Å²) in [7, 11) is 4.17. The van der Waals surface area contributed by atoms with Gasteiger partial charge in [0.1, 0.15) is 0 Å². The van der Waals surface area contributed by atoms with Gasteiger partial charge in [-0.1, -0.05) is 54.9 Å². The van der Waals surface area contributed by atoms with Crippen LogP contribution in [-0.2, 0) is 16.8 Å². The average molecular weight is 440 g/mol. The van der Waals surface area contributed by atoms with E-state index < -0.39 is 0 Å². The van der Waals surface area contributed by atoms with E-state index in [0.717, 1.165) is 49.5 Å². The van der Waals surface area contributed by atoms with Gasteiger partial charge in [0.15, 0.2) is 0 Å². The highest BCUT2D eigenvalue weighted by atomic mass is 35.5. The first-order chi connectivity index (χ1) is 15.0. The Morgan fingerprint density at radius 1 is 1.13 bits per heavy atom. The highest BCUT2D eigenvalue weighted by molar-refractivity contribution is 6.30. The van der Waals surface area contributed by atoms with Crippen molar-refractivity contribution in [3.8, 4) is 0 Å². The Kier molecular flexibility index (Phi) is 6.71. The second kappa shape index (κ2) is 9.32. The van der Waals surface area contributed by atoms with Crippen LogP contribution in [0.4, 0.5) is 0 Å². The van der Waals surface area contributed by atoms with E-state index in [1.54, 1.807) is 0 Å². The molecule has 1 saturated heterocycles. The van der Waals surface area contributed by atoms with Crippen LogP contribution in [0.3, 0.4) is 0 Å². The summed E-state index contributed by atoms with van der Waals surface area (Å²) in [5.74, 6) is 0.255. The number of benzene rings is 2. The summed E-state index contributed by atoms with van der Waals surface area (Å²) in [5.41, 5.74) is 4.12. The normalized spacial score (nSPS) is 20.3. The number of carbonyl (C=O) groups is 1. The van der Waals surface area contributed by atoms with Crippen molar-refractivity contribution in [2.24, 2.45) is 5.92 Å². The Morgan fingerprint density at radius 2 is 1.87 bits per heavy atom. The van der Waals surface area contributed by atoms with Crippen molar-refractivity contribution in [2.75, 3.05) is 40.3 Å². The predicted molar refractivity (Wildman–Crippen MR) is 128 cm³/mol. The molecule has 4 nitrogen and oxygen atoms in total. The average Bonchev–Trinajstić information content (AvgIpc) is 2.80. The summed E-state index contributed by atoms with van der Waals surface area (Å²) >= 11 is 6.22. The Morgan fingerprint density at radius 3 is 2.58 bits per heavy atom. The van der Waals surface area contributed by atoms with Crippen molar-refractivity contribution in [3.63, 3.8) is 0 Å². The first kappa shape index (κ1) is 22.3. The molecular formula is C26H34ClN3O. The lowest BCUT2D eigenvalue weighted by atomic mass is 9.74. The summed E-state index contributed by atoms with van der Waals surface area (Å²) in [5, 5.41) is 3.96. The minimum atomic E-state index is -0.103. The minimum absolute atomic E-state index is 0.0582. The second-order valence-electron chi connectivity index (χ2n) is 9.19. The van der Waals surface area contributed by atoms with Gasteiger partial charge < -0.3 is 10.2 Å². The fourth-order valence-electron chi connectivity index (χ4n) is 5.60. The summed E-state index contributed by atoms with van der Waals surface area (Å²) in [4.78, 5) is 18.2. The number of hydrogen-bond acceptors (Lipinski definition) is 3. The van der Waals surface area contributed by atoms with Gasteiger partial charge in [-0.3, -0.25) is 9.69 Å². The molecular weight excluding hydrogens is 406 g/mol. The number of fused-ring (bicyclic) bond motifs is 2. The van der Waals surface area contributed by atoms with Crippen molar-refractivity contribution in [1.29, 1.82) is 0 Å². The molecule has 2 aliphatic heterocycles. The third kappa shape index (κ3) is 4.26. The molecule has 1 amide bonds. The molecule has 0 saturated carbocycles. The van der Waals surface area contributed by atoms with Gasteiger partial charge in [-0.05, 0) is 68.1 Å². The fraction of sp³-hybridized carbons (Fsp3) is 0.500. The van der Waals surface area contributed by atoms with Crippen LogP contribution in [0.25, 0.3) is 0 Å². The maximum absolute atomic E-state index is 13.6. The standard InChI is InChI=1S/C26H34ClN3O/c1-19(21-8-6-9-22(27)17-21)23(18-28-2)25(31)30-15-12-26(13-16-30)24-10-5-4-7-20(24)11-14-29(26)3/h4-10,17,19,23,28H,11-16,18H2,1-3H3/t19-,23+/m0/s1. The topological polar surface area (TPSA) is 35.6 Å². The Hall–Kier alpha value is -1.88. The zero-order valence-electron chi connectivity index (χ0n) is 18.9. The van der Waals surface area contributed by atoms with E-state index in [0.29, 0.717) is 6.54 Å². The third-order valence-corrected chi connectivity index (χ3v) is 7.82. The number of hydrogen-bond donors (Lipinski definition) is 1. The zero-order valence-corrected chi connectivity index (χ0v) is 19.7. The first-order valence-electron chi connectivity index (χ1n) is 11.4. The molecule has 0 aromatic heterocycles. The number of nitrogens with zero attached hydrogens (tertiary/aromatic N) is 2. The lowest BCUT2D eigenvalue weighted by Crippen LogP contribution is -2.56.